The fourth-order valence-electron chi connectivity index (χ4n) is 1.82. The average Bonchev–Trinajstić information content (AvgIpc) is 2.65. The topological polar surface area (TPSA) is 85.5 Å². The minimum Gasteiger partial charge on any atom is -0.480 e. The lowest BCUT2D eigenvalue weighted by atomic mass is 10.2. The zero-order chi connectivity index (χ0) is 11.5. The second-order valence-electron chi connectivity index (χ2n) is 3.74. The molecule has 0 bridgehead atoms. The lowest BCUT2D eigenvalue weighted by Gasteiger charge is -2.16. The highest BCUT2D eigenvalue weighted by Gasteiger charge is 2.29. The van der Waals surface area contributed by atoms with Crippen LogP contribution in [-0.2, 0) is 0 Å². The van der Waals surface area contributed by atoms with E-state index in [1.807, 2.05) is 0 Å². The predicted molar refractivity (Wildman–Crippen MR) is 55.2 cm³/mol. The predicted octanol–water partition coefficient (Wildman–Crippen LogP) is 1.28. The third-order valence-corrected chi connectivity index (χ3v) is 2.62. The van der Waals surface area contributed by atoms with E-state index in [0.717, 1.165) is 6.42 Å². The van der Waals surface area contributed by atoms with Crippen LogP contribution >= 0.6 is 0 Å². The van der Waals surface area contributed by atoms with E-state index >= 15 is 0 Å². The Hall–Kier alpha value is -1.69. The highest BCUT2D eigenvalue weighted by molar-refractivity contribution is 5.38. The van der Waals surface area contributed by atoms with Crippen LogP contribution in [0.3, 0.4) is 0 Å². The van der Waals surface area contributed by atoms with Crippen LogP contribution in [0.5, 0.6) is 5.75 Å². The van der Waals surface area contributed by atoms with Crippen LogP contribution in [0.15, 0.2) is 18.3 Å². The Morgan fingerprint density at radius 1 is 1.56 bits per heavy atom. The SMILES string of the molecule is O=[N+]([O-])c1ncccc1O[C@@H]1CCC[C@H]1O. The van der Waals surface area contributed by atoms with Crippen molar-refractivity contribution in [2.45, 2.75) is 31.5 Å². The van der Waals surface area contributed by atoms with Crippen LogP contribution in [-0.4, -0.2) is 27.2 Å². The largest absolute Gasteiger partial charge is 0.480 e. The Morgan fingerprint density at radius 2 is 2.38 bits per heavy atom. The third-order valence-electron chi connectivity index (χ3n) is 2.62. The number of aliphatic hydroxyl groups is 1. The maximum atomic E-state index is 10.7. The molecule has 0 saturated heterocycles. The van der Waals surface area contributed by atoms with Gasteiger partial charge in [-0.1, -0.05) is 0 Å². The molecule has 0 aliphatic heterocycles. The Balaban J connectivity index is 2.17. The molecule has 0 radical (unpaired) electrons. The molecule has 2 rings (SSSR count). The van der Waals surface area contributed by atoms with Crippen molar-refractivity contribution in [3.05, 3.63) is 28.4 Å². The zero-order valence-corrected chi connectivity index (χ0v) is 8.57. The second-order valence-corrected chi connectivity index (χ2v) is 3.74. The van der Waals surface area contributed by atoms with Gasteiger partial charge in [0.25, 0.3) is 0 Å². The van der Waals surface area contributed by atoms with Crippen molar-refractivity contribution in [2.75, 3.05) is 0 Å². The summed E-state index contributed by atoms with van der Waals surface area (Å²) in [4.78, 5) is 13.7. The van der Waals surface area contributed by atoms with Crippen molar-refractivity contribution in [1.82, 2.24) is 4.98 Å². The van der Waals surface area contributed by atoms with Crippen LogP contribution in [0.2, 0.25) is 0 Å². The molecule has 1 heterocycles. The van der Waals surface area contributed by atoms with E-state index in [2.05, 4.69) is 4.98 Å². The normalized spacial score (nSPS) is 24.3. The van der Waals surface area contributed by atoms with Crippen molar-refractivity contribution >= 4 is 5.82 Å². The summed E-state index contributed by atoms with van der Waals surface area (Å²) in [6, 6.07) is 3.07. The second kappa shape index (κ2) is 4.44. The monoisotopic (exact) mass is 224 g/mol. The molecule has 0 spiro atoms. The molecule has 0 amide bonds. The number of rotatable bonds is 3. The molecule has 0 aromatic carbocycles. The van der Waals surface area contributed by atoms with Gasteiger partial charge >= 0.3 is 5.82 Å². The molecule has 86 valence electrons. The summed E-state index contributed by atoms with van der Waals surface area (Å²) in [6.07, 6.45) is 2.71. The van der Waals surface area contributed by atoms with Gasteiger partial charge in [-0.3, -0.25) is 0 Å². The summed E-state index contributed by atoms with van der Waals surface area (Å²) in [5.41, 5.74) is 0. The van der Waals surface area contributed by atoms with E-state index in [9.17, 15) is 15.2 Å². The van der Waals surface area contributed by atoms with E-state index in [0.29, 0.717) is 12.8 Å². The van der Waals surface area contributed by atoms with E-state index in [1.54, 1.807) is 6.07 Å². The van der Waals surface area contributed by atoms with Crippen molar-refractivity contribution in [1.29, 1.82) is 0 Å². The van der Waals surface area contributed by atoms with Gasteiger partial charge in [-0.25, -0.2) is 0 Å². The first-order valence-electron chi connectivity index (χ1n) is 5.12. The molecule has 1 fully saturated rings. The molecule has 1 aromatic rings. The maximum Gasteiger partial charge on any atom is 0.406 e. The van der Waals surface area contributed by atoms with E-state index in [1.165, 1.54) is 12.3 Å². The first-order chi connectivity index (χ1) is 7.68. The van der Waals surface area contributed by atoms with E-state index in [4.69, 9.17) is 4.74 Å². The molecule has 1 aliphatic carbocycles. The molecule has 6 heteroatoms. The third kappa shape index (κ3) is 2.11. The number of ether oxygens (including phenoxy) is 1. The van der Waals surface area contributed by atoms with Gasteiger partial charge in [-0.05, 0) is 41.3 Å². The summed E-state index contributed by atoms with van der Waals surface area (Å²) in [6.45, 7) is 0. The van der Waals surface area contributed by atoms with Crippen LogP contribution in [0.4, 0.5) is 5.82 Å². The molecule has 2 atom stereocenters. The smallest absolute Gasteiger partial charge is 0.406 e. The lowest BCUT2D eigenvalue weighted by molar-refractivity contribution is -0.390. The molecule has 6 nitrogen and oxygen atoms in total. The fourth-order valence-corrected chi connectivity index (χ4v) is 1.82. The van der Waals surface area contributed by atoms with Gasteiger partial charge in [0.2, 0.25) is 5.75 Å². The number of aliphatic hydroxyl groups excluding tert-OH is 1. The standard InChI is InChI=1S/C10H12N2O4/c13-7-3-1-4-8(7)16-9-5-2-6-11-10(9)12(14)15/h2,5-8,13H,1,3-4H2/t7-,8-/m1/s1. The van der Waals surface area contributed by atoms with E-state index in [-0.39, 0.29) is 17.7 Å². The van der Waals surface area contributed by atoms with Crippen LogP contribution < -0.4 is 4.74 Å². The molecule has 1 aliphatic rings. The van der Waals surface area contributed by atoms with Gasteiger partial charge in [-0.2, -0.15) is 0 Å². The minimum absolute atomic E-state index is 0.124. The van der Waals surface area contributed by atoms with Crippen LogP contribution in [0, 0.1) is 10.1 Å². The molecule has 0 unspecified atom stereocenters. The Labute approximate surface area is 92.0 Å². The molecule has 1 aromatic heterocycles. The lowest BCUT2D eigenvalue weighted by Crippen LogP contribution is -2.26. The van der Waals surface area contributed by atoms with Gasteiger partial charge in [0.15, 0.2) is 0 Å². The minimum atomic E-state index is -0.587. The first-order valence-corrected chi connectivity index (χ1v) is 5.12. The number of nitro groups is 1. The maximum absolute atomic E-state index is 10.7. The van der Waals surface area contributed by atoms with Gasteiger partial charge in [0.1, 0.15) is 12.3 Å². The summed E-state index contributed by atoms with van der Waals surface area (Å²) in [5.74, 6) is -0.181. The Morgan fingerprint density at radius 3 is 3.00 bits per heavy atom. The average molecular weight is 224 g/mol. The van der Waals surface area contributed by atoms with E-state index < -0.39 is 11.0 Å². The molecule has 1 saturated carbocycles. The fraction of sp³-hybridized carbons (Fsp3) is 0.500. The van der Waals surface area contributed by atoms with Gasteiger partial charge in [-0.15, -0.1) is 0 Å². The highest BCUT2D eigenvalue weighted by atomic mass is 16.6. The van der Waals surface area contributed by atoms with Crippen LogP contribution in [0.25, 0.3) is 0 Å². The zero-order valence-electron chi connectivity index (χ0n) is 8.57. The first kappa shape index (κ1) is 10.8. The number of pyridine rings is 1. The van der Waals surface area contributed by atoms with Crippen molar-refractivity contribution in [3.63, 3.8) is 0 Å². The number of nitrogens with zero attached hydrogens (tertiary/aromatic N) is 2. The summed E-state index contributed by atoms with van der Waals surface area (Å²) >= 11 is 0. The number of hydrogen-bond donors (Lipinski definition) is 1. The van der Waals surface area contributed by atoms with Gasteiger partial charge in [0.05, 0.1) is 6.10 Å². The molecule has 16 heavy (non-hydrogen) atoms. The Kier molecular flexibility index (Phi) is 3.00. The molecular weight excluding hydrogens is 212 g/mol. The van der Waals surface area contributed by atoms with Gasteiger partial charge < -0.3 is 20.0 Å². The molecular formula is C10H12N2O4. The summed E-state index contributed by atoms with van der Waals surface area (Å²) in [5, 5.41) is 20.2. The number of aromatic nitrogens is 1. The highest BCUT2D eigenvalue weighted by Crippen LogP contribution is 2.29. The quantitative estimate of drug-likeness (QED) is 0.617. The summed E-state index contributed by atoms with van der Waals surface area (Å²) < 4.78 is 5.43. The summed E-state index contributed by atoms with van der Waals surface area (Å²) in [7, 11) is 0. The van der Waals surface area contributed by atoms with Crippen molar-refractivity contribution in [2.24, 2.45) is 0 Å². The number of hydrogen-bond acceptors (Lipinski definition) is 5. The van der Waals surface area contributed by atoms with Crippen molar-refractivity contribution < 1.29 is 14.8 Å². The Bertz CT molecular complexity index is 396. The van der Waals surface area contributed by atoms with Gasteiger partial charge in [0, 0.05) is 0 Å². The molecule has 1 N–H and O–H groups in total. The van der Waals surface area contributed by atoms with Crippen molar-refractivity contribution in [3.8, 4) is 5.75 Å². The van der Waals surface area contributed by atoms with Crippen LogP contribution in [0.1, 0.15) is 19.3 Å².